The summed E-state index contributed by atoms with van der Waals surface area (Å²) < 4.78 is 24.2. The molecule has 2 unspecified atom stereocenters. The van der Waals surface area contributed by atoms with Crippen LogP contribution >= 0.6 is 0 Å². The van der Waals surface area contributed by atoms with Gasteiger partial charge in [-0.3, -0.25) is 19.2 Å². The predicted octanol–water partition coefficient (Wildman–Crippen LogP) is 4.60. The van der Waals surface area contributed by atoms with E-state index in [0.717, 1.165) is 6.92 Å². The second-order valence-electron chi connectivity index (χ2n) is 17.1. The van der Waals surface area contributed by atoms with E-state index in [1.54, 1.807) is 99.6 Å². The van der Waals surface area contributed by atoms with Crippen molar-refractivity contribution in [2.24, 2.45) is 22.7 Å². The van der Waals surface area contributed by atoms with E-state index >= 15 is 4.79 Å². The van der Waals surface area contributed by atoms with Crippen molar-refractivity contribution in [2.75, 3.05) is 0 Å². The minimum Gasteiger partial charge on any atom is -0.462 e. The molecule has 2 fully saturated rings. The number of aliphatic hydroxyl groups is 3. The second-order valence-corrected chi connectivity index (χ2v) is 17.1. The molecule has 6 rings (SSSR count). The Morgan fingerprint density at radius 2 is 1.33 bits per heavy atom. The fourth-order valence-electron chi connectivity index (χ4n) is 9.65. The number of rotatable bonds is 10. The molecule has 3 aromatic rings. The summed E-state index contributed by atoms with van der Waals surface area (Å²) in [5.74, 6) is -7.27. The van der Waals surface area contributed by atoms with Gasteiger partial charge in [0.25, 0.3) is 5.91 Å². The third kappa shape index (κ3) is 8.23. The quantitative estimate of drug-likeness (QED) is 0.125. The number of esters is 4. The summed E-state index contributed by atoms with van der Waals surface area (Å²) in [5, 5.41) is 40.0. The molecule has 11 atom stereocenters. The fraction of sp³-hybridized carbons (Fsp3) is 0.447. The number of carbonyl (C=O) groups excluding carboxylic acids is 6. The van der Waals surface area contributed by atoms with Crippen LogP contribution in [0.25, 0.3) is 0 Å². The van der Waals surface area contributed by atoms with Crippen molar-refractivity contribution in [3.05, 3.63) is 119 Å². The molecule has 0 spiro atoms. The average Bonchev–Trinajstić information content (AvgIpc) is 3.22. The van der Waals surface area contributed by atoms with Crippen LogP contribution in [0, 0.1) is 22.7 Å². The number of amides is 1. The van der Waals surface area contributed by atoms with Crippen molar-refractivity contribution < 1.29 is 63.0 Å². The molecule has 324 valence electrons. The van der Waals surface area contributed by atoms with Crippen LogP contribution in [-0.4, -0.2) is 93.1 Å². The van der Waals surface area contributed by atoms with Crippen LogP contribution in [0.5, 0.6) is 0 Å². The fourth-order valence-corrected chi connectivity index (χ4v) is 9.65. The molecular weight excluding hydrogens is 787 g/mol. The van der Waals surface area contributed by atoms with Crippen molar-refractivity contribution in [3.63, 3.8) is 0 Å². The normalized spacial score (nSPS) is 30.3. The zero-order chi connectivity index (χ0) is 44.6. The third-order valence-electron chi connectivity index (χ3n) is 13.0. The Labute approximate surface area is 354 Å². The molecule has 0 aliphatic heterocycles. The monoisotopic (exact) mass is 839 g/mol. The highest BCUT2D eigenvalue weighted by atomic mass is 16.6. The molecule has 0 heterocycles. The van der Waals surface area contributed by atoms with Crippen LogP contribution in [0.15, 0.2) is 102 Å². The summed E-state index contributed by atoms with van der Waals surface area (Å²) in [7, 11) is 0. The first-order valence-electron chi connectivity index (χ1n) is 20.3. The minimum absolute atomic E-state index is 0.0148. The van der Waals surface area contributed by atoms with E-state index in [1.165, 1.54) is 32.9 Å². The van der Waals surface area contributed by atoms with E-state index < -0.39 is 113 Å². The lowest BCUT2D eigenvalue weighted by molar-refractivity contribution is -0.248. The largest absolute Gasteiger partial charge is 0.462 e. The molecule has 3 aromatic carbocycles. The van der Waals surface area contributed by atoms with Crippen LogP contribution in [-0.2, 0) is 38.1 Å². The van der Waals surface area contributed by atoms with Gasteiger partial charge in [0.2, 0.25) is 0 Å². The van der Waals surface area contributed by atoms with Gasteiger partial charge in [-0.05, 0) is 67.2 Å². The standard InChI is InChI=1S/C47H53NO13/c1-25-23-33(51)46(7)35(38(25)58-27(3)49)41(61-43(55)31-21-15-10-16-22-31)47(57)24-32(26(2)34(45(47,5)6)39(40(46)53)59-28(4)50)60-44(56)37(52)36(29-17-11-8-12-18-29)48-42(54)30-19-13-9-14-20-30/h8-22,25,32-33,35-39,41,51-52,57H,23-24H2,1-7H3,(H,48,54)/t25?,32-,33-,35-,36-,37+,38?,39+,41-,46+,47+/m0/s1. The second kappa shape index (κ2) is 17.3. The highest BCUT2D eigenvalue weighted by Crippen LogP contribution is 2.61. The van der Waals surface area contributed by atoms with E-state index in [2.05, 4.69) is 5.32 Å². The number of benzene rings is 3. The smallest absolute Gasteiger partial charge is 0.338 e. The number of carbonyl (C=O) groups is 6. The van der Waals surface area contributed by atoms with Crippen molar-refractivity contribution in [1.29, 1.82) is 0 Å². The average molecular weight is 840 g/mol. The lowest BCUT2D eigenvalue weighted by Crippen LogP contribution is -2.74. The molecule has 0 radical (unpaired) electrons. The van der Waals surface area contributed by atoms with Crippen LogP contribution in [0.1, 0.15) is 93.6 Å². The van der Waals surface area contributed by atoms with Gasteiger partial charge in [0, 0.05) is 31.2 Å². The van der Waals surface area contributed by atoms with Crippen LogP contribution in [0.3, 0.4) is 0 Å². The summed E-state index contributed by atoms with van der Waals surface area (Å²) in [5.41, 5.74) is -5.05. The van der Waals surface area contributed by atoms with Gasteiger partial charge < -0.3 is 39.6 Å². The highest BCUT2D eigenvalue weighted by molar-refractivity contribution is 5.96. The zero-order valence-electron chi connectivity index (χ0n) is 35.2. The SMILES string of the molecule is CC(=O)OC1C(C)C[C@H](O)[C@@]2(C)C(=O)[C@H](OC(C)=O)C3=C(C)[C@@H](OC(=O)[C@H](O)[C@@H](NC(=O)c4ccccc4)c4ccccc4)C[C@@](O)([C@@H](OC(=O)c4ccccc4)[C@H]12)C3(C)C. The first-order chi connectivity index (χ1) is 28.7. The van der Waals surface area contributed by atoms with E-state index in [9.17, 15) is 39.3 Å². The molecule has 3 aliphatic rings. The van der Waals surface area contributed by atoms with Crippen LogP contribution in [0.2, 0.25) is 0 Å². The number of hydrogen-bond donors (Lipinski definition) is 4. The van der Waals surface area contributed by atoms with Crippen molar-refractivity contribution in [2.45, 2.75) is 110 Å². The van der Waals surface area contributed by atoms with Gasteiger partial charge in [0.15, 0.2) is 18.0 Å². The van der Waals surface area contributed by atoms with Gasteiger partial charge in [-0.15, -0.1) is 0 Å². The Hall–Kier alpha value is -5.70. The predicted molar refractivity (Wildman–Crippen MR) is 218 cm³/mol. The molecule has 2 bridgehead atoms. The number of fused-ring (bicyclic) bond motifs is 3. The van der Waals surface area contributed by atoms with Gasteiger partial charge in [-0.1, -0.05) is 87.5 Å². The Bertz CT molecular complexity index is 2190. The third-order valence-corrected chi connectivity index (χ3v) is 13.0. The van der Waals surface area contributed by atoms with Gasteiger partial charge in [-0.2, -0.15) is 0 Å². The van der Waals surface area contributed by atoms with Crippen molar-refractivity contribution >= 4 is 35.6 Å². The first-order valence-corrected chi connectivity index (χ1v) is 20.3. The number of ether oxygens (including phenoxy) is 4. The molecule has 0 saturated heterocycles. The lowest BCUT2D eigenvalue weighted by Gasteiger charge is -2.62. The van der Waals surface area contributed by atoms with E-state index in [4.69, 9.17) is 18.9 Å². The van der Waals surface area contributed by atoms with Gasteiger partial charge in [0.1, 0.15) is 23.9 Å². The Morgan fingerprint density at radius 1 is 0.787 bits per heavy atom. The van der Waals surface area contributed by atoms with Gasteiger partial charge in [-0.25, -0.2) is 9.59 Å². The highest BCUT2D eigenvalue weighted by Gasteiger charge is 2.72. The summed E-state index contributed by atoms with van der Waals surface area (Å²) in [4.78, 5) is 82.9. The van der Waals surface area contributed by atoms with Crippen molar-refractivity contribution in [3.8, 4) is 0 Å². The van der Waals surface area contributed by atoms with Crippen LogP contribution < -0.4 is 5.32 Å². The van der Waals surface area contributed by atoms with Gasteiger partial charge in [0.05, 0.1) is 29.0 Å². The van der Waals surface area contributed by atoms with Crippen LogP contribution in [0.4, 0.5) is 0 Å². The first kappa shape index (κ1) is 44.8. The zero-order valence-corrected chi connectivity index (χ0v) is 35.2. The number of Topliss-reactive ketones (excluding diaryl/α,β-unsaturated/α-hetero) is 1. The van der Waals surface area contributed by atoms with E-state index in [0.29, 0.717) is 5.56 Å². The maximum Gasteiger partial charge on any atom is 0.338 e. The molecule has 14 heteroatoms. The minimum atomic E-state index is -2.34. The molecule has 3 aliphatic carbocycles. The number of ketones is 1. The molecule has 0 aromatic heterocycles. The molecule has 4 N–H and O–H groups in total. The molecule has 2 saturated carbocycles. The number of nitrogens with one attached hydrogen (secondary N) is 1. The molecule has 14 nitrogen and oxygen atoms in total. The van der Waals surface area contributed by atoms with E-state index in [1.807, 2.05) is 0 Å². The topological polar surface area (TPSA) is 212 Å². The Kier molecular flexibility index (Phi) is 12.8. The molecule has 1 amide bonds. The Balaban J connectivity index is 1.52. The maximum absolute atomic E-state index is 15.4. The molecule has 61 heavy (non-hydrogen) atoms. The number of hydrogen-bond acceptors (Lipinski definition) is 13. The number of aliphatic hydroxyl groups excluding tert-OH is 2. The lowest BCUT2D eigenvalue weighted by atomic mass is 9.47. The van der Waals surface area contributed by atoms with E-state index in [-0.39, 0.29) is 28.7 Å². The summed E-state index contributed by atoms with van der Waals surface area (Å²) in [6.07, 6.45) is -10.3. The molecular formula is C47H53NO13. The Morgan fingerprint density at radius 3 is 1.89 bits per heavy atom. The summed E-state index contributed by atoms with van der Waals surface area (Å²) in [6.45, 7) is 10.0. The van der Waals surface area contributed by atoms with Gasteiger partial charge >= 0.3 is 23.9 Å². The summed E-state index contributed by atoms with van der Waals surface area (Å²) in [6, 6.07) is 23.0. The van der Waals surface area contributed by atoms with Crippen molar-refractivity contribution in [1.82, 2.24) is 5.32 Å². The summed E-state index contributed by atoms with van der Waals surface area (Å²) >= 11 is 0. The maximum atomic E-state index is 15.4.